The molecule has 0 bridgehead atoms. The molecule has 206 valence electrons. The maximum Gasteiger partial charge on any atom is 0.410 e. The minimum atomic E-state index is -0.442. The third-order valence-electron chi connectivity index (χ3n) is 6.11. The standard InChI is InChI=1S/C15H22N2O2.C15H20N2O2/c2*1-15(2,3)19-14(18)17-10-7-12(8-11-17)13-6-4-5-9-16-13/h4-6,9,12H,7-8,10-11H2,1-3H3;4-7,9H,8,10-11H2,1-3H3. The Hall–Kier alpha value is -3.42. The molecule has 2 aromatic heterocycles. The normalized spacial score (nSPS) is 16.6. The highest BCUT2D eigenvalue weighted by atomic mass is 16.6. The summed E-state index contributed by atoms with van der Waals surface area (Å²) in [6.45, 7) is 14.1. The number of piperidine rings is 1. The van der Waals surface area contributed by atoms with Crippen molar-refractivity contribution < 1.29 is 19.1 Å². The lowest BCUT2D eigenvalue weighted by Crippen LogP contribution is -2.41. The van der Waals surface area contributed by atoms with Crippen molar-refractivity contribution in [2.24, 2.45) is 0 Å². The summed E-state index contributed by atoms with van der Waals surface area (Å²) < 4.78 is 10.7. The molecule has 0 N–H and O–H groups in total. The molecule has 0 spiro atoms. The third-order valence-corrected chi connectivity index (χ3v) is 6.11. The van der Waals surface area contributed by atoms with Crippen LogP contribution in [0.15, 0.2) is 54.9 Å². The van der Waals surface area contributed by atoms with Gasteiger partial charge >= 0.3 is 12.2 Å². The smallest absolute Gasteiger partial charge is 0.410 e. The largest absolute Gasteiger partial charge is 0.444 e. The second-order valence-electron chi connectivity index (χ2n) is 11.6. The van der Waals surface area contributed by atoms with E-state index < -0.39 is 11.2 Å². The predicted octanol–water partition coefficient (Wildman–Crippen LogP) is 6.30. The summed E-state index contributed by atoms with van der Waals surface area (Å²) >= 11 is 0. The van der Waals surface area contributed by atoms with Crippen molar-refractivity contribution >= 4 is 17.8 Å². The number of likely N-dealkylation sites (tertiary alicyclic amines) is 1. The number of ether oxygens (including phenoxy) is 2. The number of hydrogen-bond acceptors (Lipinski definition) is 6. The number of carbonyl (C=O) groups is 2. The van der Waals surface area contributed by atoms with Crippen LogP contribution in [0.5, 0.6) is 0 Å². The molecule has 2 aliphatic rings. The second-order valence-corrected chi connectivity index (χ2v) is 11.6. The Kier molecular flexibility index (Phi) is 9.89. The first-order valence-electron chi connectivity index (χ1n) is 13.4. The van der Waals surface area contributed by atoms with Crippen LogP contribution in [-0.4, -0.2) is 69.3 Å². The van der Waals surface area contributed by atoms with E-state index in [9.17, 15) is 9.59 Å². The first-order chi connectivity index (χ1) is 17.9. The monoisotopic (exact) mass is 522 g/mol. The van der Waals surface area contributed by atoms with Crippen molar-refractivity contribution in [3.05, 3.63) is 66.3 Å². The Morgan fingerprint density at radius 2 is 1.37 bits per heavy atom. The maximum absolute atomic E-state index is 11.9. The molecule has 0 saturated carbocycles. The summed E-state index contributed by atoms with van der Waals surface area (Å²) in [5.74, 6) is 0.458. The molecular formula is C30H42N4O4. The van der Waals surface area contributed by atoms with Crippen LogP contribution < -0.4 is 0 Å². The summed E-state index contributed by atoms with van der Waals surface area (Å²) in [4.78, 5) is 36.1. The van der Waals surface area contributed by atoms with Crippen LogP contribution in [0, 0.1) is 0 Å². The summed E-state index contributed by atoms with van der Waals surface area (Å²) in [5.41, 5.74) is 2.45. The molecule has 1 saturated heterocycles. The molecule has 1 fully saturated rings. The fourth-order valence-electron chi connectivity index (χ4n) is 4.25. The van der Waals surface area contributed by atoms with Crippen molar-refractivity contribution in [3.63, 3.8) is 0 Å². The van der Waals surface area contributed by atoms with E-state index in [1.807, 2.05) is 78.1 Å². The van der Waals surface area contributed by atoms with E-state index in [2.05, 4.69) is 22.1 Å². The highest BCUT2D eigenvalue weighted by Gasteiger charge is 2.28. The number of amides is 2. The van der Waals surface area contributed by atoms with Crippen LogP contribution in [0.2, 0.25) is 0 Å². The molecular weight excluding hydrogens is 480 g/mol. The predicted molar refractivity (Wildman–Crippen MR) is 149 cm³/mol. The van der Waals surface area contributed by atoms with Gasteiger partial charge in [0.05, 0.1) is 5.69 Å². The average Bonchev–Trinajstić information content (AvgIpc) is 2.88. The number of pyridine rings is 2. The van der Waals surface area contributed by atoms with Crippen LogP contribution in [-0.2, 0) is 9.47 Å². The van der Waals surface area contributed by atoms with Gasteiger partial charge in [-0.05, 0) is 90.6 Å². The van der Waals surface area contributed by atoms with Crippen LogP contribution in [0.25, 0.3) is 5.57 Å². The van der Waals surface area contributed by atoms with E-state index in [4.69, 9.17) is 9.47 Å². The zero-order valence-electron chi connectivity index (χ0n) is 23.6. The number of aromatic nitrogens is 2. The topological polar surface area (TPSA) is 84.9 Å². The quantitative estimate of drug-likeness (QED) is 0.460. The van der Waals surface area contributed by atoms with E-state index in [0.29, 0.717) is 19.0 Å². The Bertz CT molecular complexity index is 1070. The summed E-state index contributed by atoms with van der Waals surface area (Å²) in [6.07, 6.45) is 7.95. The lowest BCUT2D eigenvalue weighted by Gasteiger charge is -2.33. The molecule has 4 heterocycles. The molecule has 38 heavy (non-hydrogen) atoms. The van der Waals surface area contributed by atoms with Gasteiger partial charge in [0, 0.05) is 50.2 Å². The van der Waals surface area contributed by atoms with Gasteiger partial charge in [-0.1, -0.05) is 18.2 Å². The van der Waals surface area contributed by atoms with Crippen molar-refractivity contribution in [2.75, 3.05) is 26.2 Å². The highest BCUT2D eigenvalue weighted by molar-refractivity contribution is 5.71. The molecule has 8 heteroatoms. The van der Waals surface area contributed by atoms with Gasteiger partial charge in [-0.2, -0.15) is 0 Å². The van der Waals surface area contributed by atoms with Crippen LogP contribution in [0.3, 0.4) is 0 Å². The van der Waals surface area contributed by atoms with Crippen LogP contribution >= 0.6 is 0 Å². The number of hydrogen-bond donors (Lipinski definition) is 0. The highest BCUT2D eigenvalue weighted by Crippen LogP contribution is 2.27. The number of carbonyl (C=O) groups excluding carboxylic acids is 2. The first-order valence-corrected chi connectivity index (χ1v) is 13.4. The lowest BCUT2D eigenvalue weighted by molar-refractivity contribution is 0.0202. The Morgan fingerprint density at radius 1 is 0.789 bits per heavy atom. The van der Waals surface area contributed by atoms with Crippen LogP contribution in [0.1, 0.15) is 78.1 Å². The van der Waals surface area contributed by atoms with Gasteiger partial charge in [0.25, 0.3) is 0 Å². The van der Waals surface area contributed by atoms with Crippen molar-refractivity contribution in [1.29, 1.82) is 0 Å². The molecule has 0 atom stereocenters. The molecule has 2 amide bonds. The van der Waals surface area contributed by atoms with E-state index in [1.54, 1.807) is 16.0 Å². The second kappa shape index (κ2) is 12.9. The van der Waals surface area contributed by atoms with Gasteiger partial charge in [0.2, 0.25) is 0 Å². The molecule has 2 aromatic rings. The van der Waals surface area contributed by atoms with Crippen molar-refractivity contribution in [3.8, 4) is 0 Å². The lowest BCUT2D eigenvalue weighted by atomic mass is 9.93. The molecule has 0 aromatic carbocycles. The summed E-state index contributed by atoms with van der Waals surface area (Å²) in [6, 6.07) is 11.9. The zero-order valence-corrected chi connectivity index (χ0v) is 23.6. The molecule has 2 aliphatic heterocycles. The fraction of sp³-hybridized carbons (Fsp3) is 0.533. The average molecular weight is 523 g/mol. The molecule has 0 aliphatic carbocycles. The summed E-state index contributed by atoms with van der Waals surface area (Å²) in [7, 11) is 0. The van der Waals surface area contributed by atoms with E-state index in [0.717, 1.165) is 43.7 Å². The van der Waals surface area contributed by atoms with Crippen molar-refractivity contribution in [2.45, 2.75) is 77.9 Å². The van der Waals surface area contributed by atoms with Gasteiger partial charge < -0.3 is 19.3 Å². The molecule has 8 nitrogen and oxygen atoms in total. The first kappa shape index (κ1) is 29.1. The fourth-order valence-corrected chi connectivity index (χ4v) is 4.25. The Balaban J connectivity index is 0.000000211. The van der Waals surface area contributed by atoms with E-state index >= 15 is 0 Å². The maximum atomic E-state index is 11.9. The third kappa shape index (κ3) is 9.47. The summed E-state index contributed by atoms with van der Waals surface area (Å²) in [5, 5.41) is 0. The molecule has 0 radical (unpaired) electrons. The van der Waals surface area contributed by atoms with Crippen LogP contribution in [0.4, 0.5) is 9.59 Å². The SMILES string of the molecule is CC(C)(C)OC(=O)N1CC=C(c2ccccn2)CC1.CC(C)(C)OC(=O)N1CCC(c2ccccn2)CC1. The minimum Gasteiger partial charge on any atom is -0.444 e. The van der Waals surface area contributed by atoms with Gasteiger partial charge in [0.15, 0.2) is 0 Å². The van der Waals surface area contributed by atoms with Gasteiger partial charge in [-0.3, -0.25) is 9.97 Å². The van der Waals surface area contributed by atoms with Crippen molar-refractivity contribution in [1.82, 2.24) is 19.8 Å². The Labute approximate surface area is 227 Å². The Morgan fingerprint density at radius 3 is 1.84 bits per heavy atom. The molecule has 0 unspecified atom stereocenters. The van der Waals surface area contributed by atoms with E-state index in [-0.39, 0.29) is 12.2 Å². The van der Waals surface area contributed by atoms with Gasteiger partial charge in [0.1, 0.15) is 11.2 Å². The van der Waals surface area contributed by atoms with Gasteiger partial charge in [-0.25, -0.2) is 9.59 Å². The minimum absolute atomic E-state index is 0.202. The van der Waals surface area contributed by atoms with Gasteiger partial charge in [-0.15, -0.1) is 0 Å². The number of rotatable bonds is 2. The zero-order chi connectivity index (χ0) is 27.8. The molecule has 4 rings (SSSR count). The van der Waals surface area contributed by atoms with E-state index in [1.165, 1.54) is 5.57 Å². The number of nitrogens with zero attached hydrogens (tertiary/aromatic N) is 4.